The summed E-state index contributed by atoms with van der Waals surface area (Å²) in [6, 6.07) is 9.16. The van der Waals surface area contributed by atoms with E-state index in [1.807, 2.05) is 4.90 Å². The molecule has 1 amide bonds. The zero-order valence-corrected chi connectivity index (χ0v) is 12.8. The Balaban J connectivity index is 1.43. The number of nitrogens with zero attached hydrogens (tertiary/aromatic N) is 2. The van der Waals surface area contributed by atoms with Gasteiger partial charge in [-0.25, -0.2) is 0 Å². The van der Waals surface area contributed by atoms with Crippen LogP contribution >= 0.6 is 0 Å². The van der Waals surface area contributed by atoms with Gasteiger partial charge in [-0.05, 0) is 18.9 Å². The van der Waals surface area contributed by atoms with Crippen LogP contribution < -0.4 is 5.32 Å². The Morgan fingerprint density at radius 1 is 1.24 bits per heavy atom. The second-order valence-corrected chi connectivity index (χ2v) is 6.22. The molecule has 4 nitrogen and oxygen atoms in total. The number of piperazine rings is 1. The lowest BCUT2D eigenvalue weighted by Gasteiger charge is -2.43. The molecule has 0 bridgehead atoms. The highest BCUT2D eigenvalue weighted by atomic mass is 16.2. The zero-order chi connectivity index (χ0) is 14.7. The van der Waals surface area contributed by atoms with Gasteiger partial charge in [-0.3, -0.25) is 9.69 Å². The van der Waals surface area contributed by atoms with Crippen molar-refractivity contribution in [3.63, 3.8) is 0 Å². The molecule has 0 saturated carbocycles. The van der Waals surface area contributed by atoms with Crippen LogP contribution in [0.4, 0.5) is 0 Å². The fourth-order valence-corrected chi connectivity index (χ4v) is 3.15. The molecule has 0 atom stereocenters. The van der Waals surface area contributed by atoms with Crippen LogP contribution in [0.2, 0.25) is 0 Å². The van der Waals surface area contributed by atoms with Gasteiger partial charge in [0, 0.05) is 51.7 Å². The Hall–Kier alpha value is -1.39. The highest BCUT2D eigenvalue weighted by molar-refractivity contribution is 5.76. The molecular formula is C17H25N3O. The Kier molecular flexibility index (Phi) is 4.56. The monoisotopic (exact) mass is 287 g/mol. The quantitative estimate of drug-likeness (QED) is 0.899. The SMILES string of the molecule is Cc1cccc(CCC(=O)N2CCN(C3CNC3)CC2)c1. The van der Waals surface area contributed by atoms with Crippen molar-refractivity contribution in [3.8, 4) is 0 Å². The standard InChI is InChI=1S/C17H25N3O/c1-14-3-2-4-15(11-14)5-6-17(21)20-9-7-19(8-10-20)16-12-18-13-16/h2-4,11,16,18H,5-10,12-13H2,1H3. The average Bonchev–Trinajstić information content (AvgIpc) is 2.44. The summed E-state index contributed by atoms with van der Waals surface area (Å²) in [6.07, 6.45) is 1.49. The second-order valence-electron chi connectivity index (χ2n) is 6.22. The summed E-state index contributed by atoms with van der Waals surface area (Å²) in [4.78, 5) is 16.9. The first-order valence-corrected chi connectivity index (χ1v) is 8.00. The fourth-order valence-electron chi connectivity index (χ4n) is 3.15. The molecule has 1 aromatic rings. The molecule has 2 saturated heterocycles. The topological polar surface area (TPSA) is 35.6 Å². The normalized spacial score (nSPS) is 20.3. The van der Waals surface area contributed by atoms with Crippen molar-refractivity contribution in [3.05, 3.63) is 35.4 Å². The van der Waals surface area contributed by atoms with Gasteiger partial charge in [0.25, 0.3) is 0 Å². The first-order chi connectivity index (χ1) is 10.2. The van der Waals surface area contributed by atoms with Gasteiger partial charge in [0.2, 0.25) is 5.91 Å². The van der Waals surface area contributed by atoms with E-state index in [2.05, 4.69) is 41.4 Å². The molecule has 2 heterocycles. The summed E-state index contributed by atoms with van der Waals surface area (Å²) in [5.41, 5.74) is 2.53. The molecule has 2 aliphatic heterocycles. The minimum Gasteiger partial charge on any atom is -0.340 e. The van der Waals surface area contributed by atoms with Crippen molar-refractivity contribution >= 4 is 5.91 Å². The highest BCUT2D eigenvalue weighted by Gasteiger charge is 2.28. The molecule has 0 spiro atoms. The first-order valence-electron chi connectivity index (χ1n) is 8.00. The third-order valence-electron chi connectivity index (χ3n) is 4.65. The van der Waals surface area contributed by atoms with Crippen LogP contribution in [0.1, 0.15) is 17.5 Å². The number of amides is 1. The molecule has 1 N–H and O–H groups in total. The van der Waals surface area contributed by atoms with Gasteiger partial charge < -0.3 is 10.2 Å². The van der Waals surface area contributed by atoms with E-state index in [4.69, 9.17) is 0 Å². The van der Waals surface area contributed by atoms with Gasteiger partial charge in [-0.15, -0.1) is 0 Å². The largest absolute Gasteiger partial charge is 0.340 e. The summed E-state index contributed by atoms with van der Waals surface area (Å²) >= 11 is 0. The number of aryl methyl sites for hydroxylation is 2. The third kappa shape index (κ3) is 3.63. The minimum absolute atomic E-state index is 0.308. The lowest BCUT2D eigenvalue weighted by Crippen LogP contribution is -2.62. The van der Waals surface area contributed by atoms with Crippen LogP contribution in [0.25, 0.3) is 0 Å². The zero-order valence-electron chi connectivity index (χ0n) is 12.8. The van der Waals surface area contributed by atoms with Gasteiger partial charge in [0.15, 0.2) is 0 Å². The minimum atomic E-state index is 0.308. The smallest absolute Gasteiger partial charge is 0.222 e. The molecule has 1 aromatic carbocycles. The maximum absolute atomic E-state index is 12.3. The van der Waals surface area contributed by atoms with Crippen molar-refractivity contribution in [2.24, 2.45) is 0 Å². The van der Waals surface area contributed by atoms with E-state index < -0.39 is 0 Å². The molecule has 2 aliphatic rings. The van der Waals surface area contributed by atoms with E-state index in [9.17, 15) is 4.79 Å². The molecule has 4 heteroatoms. The molecule has 0 unspecified atom stereocenters. The van der Waals surface area contributed by atoms with Crippen molar-refractivity contribution in [2.75, 3.05) is 39.3 Å². The summed E-state index contributed by atoms with van der Waals surface area (Å²) in [5, 5.41) is 3.31. The Morgan fingerprint density at radius 2 is 2.00 bits per heavy atom. The number of nitrogens with one attached hydrogen (secondary N) is 1. The number of rotatable bonds is 4. The average molecular weight is 287 g/mol. The molecule has 21 heavy (non-hydrogen) atoms. The van der Waals surface area contributed by atoms with E-state index in [1.165, 1.54) is 11.1 Å². The number of carbonyl (C=O) groups excluding carboxylic acids is 1. The van der Waals surface area contributed by atoms with Crippen molar-refractivity contribution in [1.29, 1.82) is 0 Å². The van der Waals surface area contributed by atoms with E-state index in [1.54, 1.807) is 0 Å². The van der Waals surface area contributed by atoms with Crippen molar-refractivity contribution in [1.82, 2.24) is 15.1 Å². The van der Waals surface area contributed by atoms with Gasteiger partial charge in [0.1, 0.15) is 0 Å². The predicted octanol–water partition coefficient (Wildman–Crippen LogP) is 1.04. The van der Waals surface area contributed by atoms with Crippen LogP contribution in [0.15, 0.2) is 24.3 Å². The maximum atomic E-state index is 12.3. The number of hydrogen-bond acceptors (Lipinski definition) is 3. The van der Waals surface area contributed by atoms with Gasteiger partial charge in [0.05, 0.1) is 0 Å². The third-order valence-corrected chi connectivity index (χ3v) is 4.65. The van der Waals surface area contributed by atoms with Gasteiger partial charge >= 0.3 is 0 Å². The predicted molar refractivity (Wildman–Crippen MR) is 84.3 cm³/mol. The Labute approximate surface area is 127 Å². The van der Waals surface area contributed by atoms with Crippen LogP contribution in [-0.2, 0) is 11.2 Å². The van der Waals surface area contributed by atoms with E-state index in [0.717, 1.165) is 45.7 Å². The molecule has 3 rings (SSSR count). The van der Waals surface area contributed by atoms with E-state index >= 15 is 0 Å². The van der Waals surface area contributed by atoms with Crippen molar-refractivity contribution in [2.45, 2.75) is 25.8 Å². The van der Waals surface area contributed by atoms with Crippen LogP contribution in [0.3, 0.4) is 0 Å². The first kappa shape index (κ1) is 14.5. The van der Waals surface area contributed by atoms with Crippen LogP contribution in [0.5, 0.6) is 0 Å². The van der Waals surface area contributed by atoms with Crippen molar-refractivity contribution < 1.29 is 4.79 Å². The lowest BCUT2D eigenvalue weighted by atomic mass is 10.1. The molecular weight excluding hydrogens is 262 g/mol. The number of hydrogen-bond donors (Lipinski definition) is 1. The van der Waals surface area contributed by atoms with Crippen LogP contribution in [0, 0.1) is 6.92 Å². The fraction of sp³-hybridized carbons (Fsp3) is 0.588. The highest BCUT2D eigenvalue weighted by Crippen LogP contribution is 2.12. The molecule has 0 radical (unpaired) electrons. The lowest BCUT2D eigenvalue weighted by molar-refractivity contribution is -0.133. The molecule has 114 valence electrons. The summed E-state index contributed by atoms with van der Waals surface area (Å²) in [7, 11) is 0. The number of carbonyl (C=O) groups is 1. The summed E-state index contributed by atoms with van der Waals surface area (Å²) in [5.74, 6) is 0.308. The Bertz CT molecular complexity index is 491. The second kappa shape index (κ2) is 6.58. The van der Waals surface area contributed by atoms with Crippen LogP contribution in [-0.4, -0.2) is 61.0 Å². The van der Waals surface area contributed by atoms with Gasteiger partial charge in [-0.2, -0.15) is 0 Å². The maximum Gasteiger partial charge on any atom is 0.222 e. The molecule has 0 aromatic heterocycles. The number of benzene rings is 1. The summed E-state index contributed by atoms with van der Waals surface area (Å²) in [6.45, 7) is 8.17. The van der Waals surface area contributed by atoms with Gasteiger partial charge in [-0.1, -0.05) is 29.8 Å². The van der Waals surface area contributed by atoms with E-state index in [0.29, 0.717) is 18.4 Å². The van der Waals surface area contributed by atoms with E-state index in [-0.39, 0.29) is 0 Å². The molecule has 0 aliphatic carbocycles. The Morgan fingerprint density at radius 3 is 2.62 bits per heavy atom. The summed E-state index contributed by atoms with van der Waals surface area (Å²) < 4.78 is 0. The molecule has 2 fully saturated rings.